The Morgan fingerprint density at radius 2 is 1.93 bits per heavy atom. The van der Waals surface area contributed by atoms with E-state index < -0.39 is 10.0 Å². The molecule has 0 radical (unpaired) electrons. The van der Waals surface area contributed by atoms with Crippen LogP contribution in [0.25, 0.3) is 0 Å². The first-order valence-corrected chi connectivity index (χ1v) is 12.1. The number of nitrogens with one attached hydrogen (secondary N) is 2. The number of hydrogen-bond donors (Lipinski definition) is 2. The highest BCUT2D eigenvalue weighted by molar-refractivity contribution is 7.88. The van der Waals surface area contributed by atoms with Crippen molar-refractivity contribution in [3.63, 3.8) is 0 Å². The minimum absolute atomic E-state index is 0.0561. The van der Waals surface area contributed by atoms with Crippen molar-refractivity contribution in [2.24, 2.45) is 0 Å². The largest absolute Gasteiger partial charge is 0.490 e. The van der Waals surface area contributed by atoms with Gasteiger partial charge < -0.3 is 19.7 Å². The van der Waals surface area contributed by atoms with Crippen LogP contribution in [-0.2, 0) is 14.8 Å². The van der Waals surface area contributed by atoms with E-state index in [4.69, 9.17) is 9.47 Å². The topological polar surface area (TPSA) is 97.0 Å². The number of nitrogens with zero attached hydrogens (tertiary/aromatic N) is 1. The molecule has 8 nitrogen and oxygen atoms in total. The SMILES string of the molecule is CCNC(=O)N1CCC[C@H](NS(C)(=O)=O)[C@@H]1COC1CC(Oc2ccccc2)C1. The lowest BCUT2D eigenvalue weighted by Gasteiger charge is -2.43. The maximum atomic E-state index is 12.5. The summed E-state index contributed by atoms with van der Waals surface area (Å²) >= 11 is 0. The summed E-state index contributed by atoms with van der Waals surface area (Å²) in [7, 11) is -3.38. The Hall–Kier alpha value is -1.84. The number of ether oxygens (including phenoxy) is 2. The fraction of sp³-hybridized carbons (Fsp3) is 0.650. The number of urea groups is 1. The first kappa shape index (κ1) is 21.9. The van der Waals surface area contributed by atoms with E-state index in [1.54, 1.807) is 4.90 Å². The van der Waals surface area contributed by atoms with Crippen LogP contribution in [-0.4, -0.2) is 69.6 Å². The van der Waals surface area contributed by atoms with Gasteiger partial charge in [-0.3, -0.25) is 0 Å². The van der Waals surface area contributed by atoms with Gasteiger partial charge in [-0.15, -0.1) is 0 Å². The molecule has 1 aromatic rings. The molecule has 9 heteroatoms. The molecule has 162 valence electrons. The second-order valence-corrected chi connectivity index (χ2v) is 9.49. The zero-order valence-corrected chi connectivity index (χ0v) is 17.9. The minimum Gasteiger partial charge on any atom is -0.490 e. The number of rotatable bonds is 8. The molecule has 1 aromatic carbocycles. The second-order valence-electron chi connectivity index (χ2n) is 7.71. The molecule has 1 heterocycles. The standard InChI is InChI=1S/C20H31N3O5S/c1-3-21-20(24)23-11-7-10-18(22-29(2,25)26)19(23)14-27-16-12-17(13-16)28-15-8-5-4-6-9-15/h4-6,8-9,16-19,22H,3,7,10-14H2,1-2H3,(H,21,24)/t16?,17?,18-,19-/m0/s1. The number of sulfonamides is 1. The maximum Gasteiger partial charge on any atom is 0.317 e. The molecule has 2 N–H and O–H groups in total. The number of amides is 2. The summed E-state index contributed by atoms with van der Waals surface area (Å²) < 4.78 is 38.2. The smallest absolute Gasteiger partial charge is 0.317 e. The number of carbonyl (C=O) groups excluding carboxylic acids is 1. The highest BCUT2D eigenvalue weighted by atomic mass is 32.2. The summed E-state index contributed by atoms with van der Waals surface area (Å²) in [6.45, 7) is 3.27. The molecule has 2 fully saturated rings. The van der Waals surface area contributed by atoms with E-state index in [0.717, 1.165) is 31.3 Å². The number of benzene rings is 1. The normalized spacial score (nSPS) is 27.2. The van der Waals surface area contributed by atoms with Crippen LogP contribution in [0.1, 0.15) is 32.6 Å². The van der Waals surface area contributed by atoms with Gasteiger partial charge in [0.25, 0.3) is 0 Å². The van der Waals surface area contributed by atoms with E-state index in [0.29, 0.717) is 26.1 Å². The average Bonchev–Trinajstić information content (AvgIpc) is 2.64. The van der Waals surface area contributed by atoms with Gasteiger partial charge >= 0.3 is 6.03 Å². The highest BCUT2D eigenvalue weighted by Gasteiger charge is 2.38. The number of para-hydroxylation sites is 1. The Bertz CT molecular complexity index is 768. The molecule has 0 bridgehead atoms. The molecule has 1 saturated heterocycles. The minimum atomic E-state index is -3.38. The lowest BCUT2D eigenvalue weighted by Crippen LogP contribution is -2.61. The number of piperidine rings is 1. The van der Waals surface area contributed by atoms with E-state index in [1.165, 1.54) is 0 Å². The van der Waals surface area contributed by atoms with Crippen LogP contribution in [0.5, 0.6) is 5.75 Å². The summed E-state index contributed by atoms with van der Waals surface area (Å²) in [5.74, 6) is 0.850. The van der Waals surface area contributed by atoms with Gasteiger partial charge in [-0.05, 0) is 31.9 Å². The molecule has 1 aliphatic carbocycles. The van der Waals surface area contributed by atoms with Crippen molar-refractivity contribution in [1.82, 2.24) is 14.9 Å². The van der Waals surface area contributed by atoms with Crippen molar-refractivity contribution < 1.29 is 22.7 Å². The zero-order chi connectivity index (χ0) is 20.9. The molecule has 1 aliphatic heterocycles. The van der Waals surface area contributed by atoms with E-state index in [-0.39, 0.29) is 30.3 Å². The van der Waals surface area contributed by atoms with Gasteiger partial charge in [0.1, 0.15) is 11.9 Å². The van der Waals surface area contributed by atoms with Gasteiger partial charge in [-0.1, -0.05) is 18.2 Å². The van der Waals surface area contributed by atoms with Crippen LogP contribution in [0.2, 0.25) is 0 Å². The number of likely N-dealkylation sites (tertiary alicyclic amines) is 1. The Morgan fingerprint density at radius 3 is 2.59 bits per heavy atom. The number of carbonyl (C=O) groups is 1. The predicted molar refractivity (Wildman–Crippen MR) is 110 cm³/mol. The van der Waals surface area contributed by atoms with Crippen LogP contribution in [0, 0.1) is 0 Å². The Balaban J connectivity index is 1.55. The lowest BCUT2D eigenvalue weighted by atomic mass is 9.91. The summed E-state index contributed by atoms with van der Waals surface area (Å²) in [4.78, 5) is 14.2. The second kappa shape index (κ2) is 9.77. The van der Waals surface area contributed by atoms with Crippen molar-refractivity contribution in [3.8, 4) is 5.75 Å². The Labute approximate surface area is 173 Å². The molecule has 2 amide bonds. The monoisotopic (exact) mass is 425 g/mol. The van der Waals surface area contributed by atoms with Gasteiger partial charge in [0.05, 0.1) is 25.0 Å². The number of hydrogen-bond acceptors (Lipinski definition) is 5. The van der Waals surface area contributed by atoms with E-state index in [2.05, 4.69) is 10.0 Å². The first-order chi connectivity index (χ1) is 13.9. The van der Waals surface area contributed by atoms with Crippen LogP contribution in [0.4, 0.5) is 4.79 Å². The molecule has 1 saturated carbocycles. The molecule has 29 heavy (non-hydrogen) atoms. The molecule has 0 spiro atoms. The molecule has 3 rings (SSSR count). The fourth-order valence-corrected chi connectivity index (χ4v) is 4.68. The molecule has 0 unspecified atom stereocenters. The quantitative estimate of drug-likeness (QED) is 0.661. The summed E-state index contributed by atoms with van der Waals surface area (Å²) in [5.41, 5.74) is 0. The average molecular weight is 426 g/mol. The highest BCUT2D eigenvalue weighted by Crippen LogP contribution is 2.29. The van der Waals surface area contributed by atoms with E-state index >= 15 is 0 Å². The van der Waals surface area contributed by atoms with Crippen LogP contribution in [0.3, 0.4) is 0 Å². The van der Waals surface area contributed by atoms with Crippen LogP contribution in [0.15, 0.2) is 30.3 Å². The third-order valence-corrected chi connectivity index (χ3v) is 6.06. The van der Waals surface area contributed by atoms with Gasteiger partial charge in [-0.25, -0.2) is 17.9 Å². The fourth-order valence-electron chi connectivity index (χ4n) is 3.86. The van der Waals surface area contributed by atoms with E-state index in [9.17, 15) is 13.2 Å². The molecular formula is C20H31N3O5S. The zero-order valence-electron chi connectivity index (χ0n) is 17.0. The van der Waals surface area contributed by atoms with Crippen LogP contribution < -0.4 is 14.8 Å². The van der Waals surface area contributed by atoms with Gasteiger partial charge in [0, 0.05) is 32.0 Å². The third-order valence-electron chi connectivity index (χ3n) is 5.33. The summed E-state index contributed by atoms with van der Waals surface area (Å²) in [5, 5.41) is 2.81. The van der Waals surface area contributed by atoms with Crippen molar-refractivity contribution in [2.45, 2.75) is 56.9 Å². The van der Waals surface area contributed by atoms with Gasteiger partial charge in [0.15, 0.2) is 0 Å². The van der Waals surface area contributed by atoms with Crippen molar-refractivity contribution in [3.05, 3.63) is 30.3 Å². The molecular weight excluding hydrogens is 394 g/mol. The van der Waals surface area contributed by atoms with Crippen LogP contribution >= 0.6 is 0 Å². The van der Waals surface area contributed by atoms with Gasteiger partial charge in [0.2, 0.25) is 10.0 Å². The van der Waals surface area contributed by atoms with E-state index in [1.807, 2.05) is 37.3 Å². The molecule has 2 aliphatic rings. The van der Waals surface area contributed by atoms with Crippen molar-refractivity contribution in [1.29, 1.82) is 0 Å². The molecule has 2 atom stereocenters. The Kier molecular flexibility index (Phi) is 7.37. The Morgan fingerprint density at radius 1 is 1.21 bits per heavy atom. The van der Waals surface area contributed by atoms with Crippen molar-refractivity contribution in [2.75, 3.05) is 26.0 Å². The predicted octanol–water partition coefficient (Wildman–Crippen LogP) is 1.72. The summed E-state index contributed by atoms with van der Waals surface area (Å²) in [6.07, 6.45) is 4.32. The third kappa shape index (κ3) is 6.32. The maximum absolute atomic E-state index is 12.5. The lowest BCUT2D eigenvalue weighted by molar-refractivity contribution is -0.0792. The first-order valence-electron chi connectivity index (χ1n) is 10.2. The molecule has 0 aromatic heterocycles. The van der Waals surface area contributed by atoms with Crippen molar-refractivity contribution >= 4 is 16.1 Å². The summed E-state index contributed by atoms with van der Waals surface area (Å²) in [6, 6.07) is 8.83. The van der Waals surface area contributed by atoms with Gasteiger partial charge in [-0.2, -0.15) is 0 Å².